The lowest BCUT2D eigenvalue weighted by atomic mass is 10.2. The minimum atomic E-state index is -0.577. The Balaban J connectivity index is 1.89. The van der Waals surface area contributed by atoms with E-state index in [4.69, 9.17) is 0 Å². The number of halogens is 2. The number of rotatable bonds is 3. The molecule has 5 nitrogen and oxygen atoms in total. The second-order valence-electron chi connectivity index (χ2n) is 5.40. The number of anilines is 1. The molecule has 0 saturated heterocycles. The summed E-state index contributed by atoms with van der Waals surface area (Å²) in [6, 6.07) is 6.18. The van der Waals surface area contributed by atoms with Gasteiger partial charge in [0.05, 0.1) is 23.6 Å². The summed E-state index contributed by atoms with van der Waals surface area (Å²) in [6.45, 7) is 4.03. The van der Waals surface area contributed by atoms with Crippen LogP contribution in [0.1, 0.15) is 30.2 Å². The zero-order valence-corrected chi connectivity index (χ0v) is 14.1. The smallest absolute Gasteiger partial charge is 0.258 e. The van der Waals surface area contributed by atoms with Crippen LogP contribution in [0.15, 0.2) is 41.1 Å². The molecule has 118 valence electrons. The van der Waals surface area contributed by atoms with Crippen molar-refractivity contribution in [2.24, 2.45) is 0 Å². The maximum atomic E-state index is 13.8. The topological polar surface area (TPSA) is 59.8 Å². The summed E-state index contributed by atoms with van der Waals surface area (Å²) in [6.07, 6.45) is 3.23. The average Bonchev–Trinajstić information content (AvgIpc) is 2.93. The van der Waals surface area contributed by atoms with E-state index in [1.807, 2.05) is 13.8 Å². The lowest BCUT2D eigenvalue weighted by Crippen LogP contribution is -2.14. The van der Waals surface area contributed by atoms with E-state index in [9.17, 15) is 9.18 Å². The first kappa shape index (κ1) is 15.6. The minimum absolute atomic E-state index is 0.0302. The van der Waals surface area contributed by atoms with E-state index in [2.05, 4.69) is 31.3 Å². The average molecular weight is 377 g/mol. The monoisotopic (exact) mass is 376 g/mol. The first-order valence-electron chi connectivity index (χ1n) is 7.05. The van der Waals surface area contributed by atoms with Crippen molar-refractivity contribution in [3.05, 3.63) is 52.5 Å². The molecule has 0 aliphatic carbocycles. The van der Waals surface area contributed by atoms with Crippen molar-refractivity contribution in [3.63, 3.8) is 0 Å². The summed E-state index contributed by atoms with van der Waals surface area (Å²) in [7, 11) is 0. The van der Waals surface area contributed by atoms with Gasteiger partial charge < -0.3 is 5.32 Å². The van der Waals surface area contributed by atoms with Crippen molar-refractivity contribution in [3.8, 4) is 0 Å². The first-order valence-corrected chi connectivity index (χ1v) is 7.84. The molecule has 0 aliphatic heterocycles. The molecule has 1 amide bonds. The van der Waals surface area contributed by atoms with Gasteiger partial charge in [-0.25, -0.2) is 14.1 Å². The van der Waals surface area contributed by atoms with Gasteiger partial charge in [-0.1, -0.05) is 15.9 Å². The van der Waals surface area contributed by atoms with Crippen molar-refractivity contribution in [2.45, 2.75) is 19.9 Å². The number of amides is 1. The molecule has 2 aromatic heterocycles. The van der Waals surface area contributed by atoms with E-state index in [1.54, 1.807) is 23.0 Å². The van der Waals surface area contributed by atoms with Crippen molar-refractivity contribution in [1.29, 1.82) is 0 Å². The number of nitrogens with one attached hydrogen (secondary N) is 1. The number of pyridine rings is 1. The molecular formula is C16H14BrFN4O. The molecule has 3 aromatic rings. The number of fused-ring (bicyclic) bond motifs is 1. The predicted molar refractivity (Wildman–Crippen MR) is 90.0 cm³/mol. The quantitative estimate of drug-likeness (QED) is 0.746. The summed E-state index contributed by atoms with van der Waals surface area (Å²) in [5.41, 5.74) is 1.20. The maximum absolute atomic E-state index is 13.8. The van der Waals surface area contributed by atoms with Gasteiger partial charge in [-0.3, -0.25) is 4.79 Å². The fourth-order valence-corrected chi connectivity index (χ4v) is 2.62. The number of nitrogens with zero attached hydrogens (tertiary/aromatic N) is 3. The Morgan fingerprint density at radius 3 is 2.83 bits per heavy atom. The van der Waals surface area contributed by atoms with Crippen LogP contribution in [0.5, 0.6) is 0 Å². The van der Waals surface area contributed by atoms with Crippen LogP contribution in [-0.2, 0) is 0 Å². The fraction of sp³-hybridized carbons (Fsp3) is 0.188. The molecule has 0 spiro atoms. The molecule has 7 heteroatoms. The predicted octanol–water partition coefficient (Wildman–Crippen LogP) is 4.17. The Hall–Kier alpha value is -2.28. The van der Waals surface area contributed by atoms with E-state index in [-0.39, 0.29) is 11.6 Å². The SMILES string of the molecule is CC(C)n1ncc2cc(NC(=O)c3cc(Br)ccc3F)cnc21. The zero-order valence-electron chi connectivity index (χ0n) is 12.5. The third-order valence-corrected chi connectivity index (χ3v) is 3.85. The first-order chi connectivity index (χ1) is 11.0. The van der Waals surface area contributed by atoms with Crippen LogP contribution in [0.25, 0.3) is 11.0 Å². The van der Waals surface area contributed by atoms with Gasteiger partial charge in [0, 0.05) is 15.9 Å². The van der Waals surface area contributed by atoms with Gasteiger partial charge in [-0.15, -0.1) is 0 Å². The third kappa shape index (κ3) is 3.10. The summed E-state index contributed by atoms with van der Waals surface area (Å²) in [4.78, 5) is 16.5. The van der Waals surface area contributed by atoms with E-state index < -0.39 is 11.7 Å². The molecule has 1 aromatic carbocycles. The molecule has 0 atom stereocenters. The molecule has 1 N–H and O–H groups in total. The van der Waals surface area contributed by atoms with E-state index >= 15 is 0 Å². The van der Waals surface area contributed by atoms with Crippen LogP contribution in [0, 0.1) is 5.82 Å². The number of hydrogen-bond acceptors (Lipinski definition) is 3. The van der Waals surface area contributed by atoms with Crippen LogP contribution < -0.4 is 5.32 Å². The van der Waals surface area contributed by atoms with Crippen LogP contribution in [0.2, 0.25) is 0 Å². The molecule has 0 bridgehead atoms. The fourth-order valence-electron chi connectivity index (χ4n) is 2.26. The Labute approximate surface area is 140 Å². The lowest BCUT2D eigenvalue weighted by molar-refractivity contribution is 0.102. The molecule has 0 saturated carbocycles. The zero-order chi connectivity index (χ0) is 16.6. The van der Waals surface area contributed by atoms with Crippen LogP contribution in [0.3, 0.4) is 0 Å². The Kier molecular flexibility index (Phi) is 4.12. The molecule has 23 heavy (non-hydrogen) atoms. The molecule has 0 fully saturated rings. The van der Waals surface area contributed by atoms with Crippen molar-refractivity contribution < 1.29 is 9.18 Å². The van der Waals surface area contributed by atoms with Crippen LogP contribution >= 0.6 is 15.9 Å². The van der Waals surface area contributed by atoms with Gasteiger partial charge in [-0.05, 0) is 38.1 Å². The van der Waals surface area contributed by atoms with Crippen LogP contribution in [0.4, 0.5) is 10.1 Å². The summed E-state index contributed by atoms with van der Waals surface area (Å²) in [5, 5.41) is 7.74. The van der Waals surface area contributed by atoms with Gasteiger partial charge in [-0.2, -0.15) is 5.10 Å². The van der Waals surface area contributed by atoms with E-state index in [0.29, 0.717) is 10.2 Å². The van der Waals surface area contributed by atoms with Gasteiger partial charge >= 0.3 is 0 Å². The van der Waals surface area contributed by atoms with Gasteiger partial charge in [0.25, 0.3) is 5.91 Å². The Morgan fingerprint density at radius 1 is 1.30 bits per heavy atom. The van der Waals surface area contributed by atoms with Crippen molar-refractivity contribution in [2.75, 3.05) is 5.32 Å². The van der Waals surface area contributed by atoms with E-state index in [0.717, 1.165) is 11.0 Å². The molecule has 3 rings (SSSR count). The van der Waals surface area contributed by atoms with Crippen molar-refractivity contribution >= 4 is 38.6 Å². The molecular weight excluding hydrogens is 363 g/mol. The number of hydrogen-bond donors (Lipinski definition) is 1. The highest BCUT2D eigenvalue weighted by atomic mass is 79.9. The number of benzene rings is 1. The molecule has 0 radical (unpaired) electrons. The van der Waals surface area contributed by atoms with Gasteiger partial charge in [0.15, 0.2) is 5.65 Å². The minimum Gasteiger partial charge on any atom is -0.320 e. The highest BCUT2D eigenvalue weighted by Crippen LogP contribution is 2.21. The third-order valence-electron chi connectivity index (χ3n) is 3.35. The van der Waals surface area contributed by atoms with E-state index in [1.165, 1.54) is 18.3 Å². The molecule has 0 aliphatic rings. The highest BCUT2D eigenvalue weighted by Gasteiger charge is 2.14. The highest BCUT2D eigenvalue weighted by molar-refractivity contribution is 9.10. The van der Waals surface area contributed by atoms with Gasteiger partial charge in [0.1, 0.15) is 5.82 Å². The molecule has 0 unspecified atom stereocenters. The second kappa shape index (κ2) is 6.08. The number of carbonyl (C=O) groups is 1. The summed E-state index contributed by atoms with van der Waals surface area (Å²) in [5.74, 6) is -1.10. The largest absolute Gasteiger partial charge is 0.320 e. The summed E-state index contributed by atoms with van der Waals surface area (Å²) < 4.78 is 16.2. The Morgan fingerprint density at radius 2 is 2.09 bits per heavy atom. The second-order valence-corrected chi connectivity index (χ2v) is 6.31. The molecule has 2 heterocycles. The summed E-state index contributed by atoms with van der Waals surface area (Å²) >= 11 is 3.23. The maximum Gasteiger partial charge on any atom is 0.258 e. The van der Waals surface area contributed by atoms with Crippen molar-refractivity contribution in [1.82, 2.24) is 14.8 Å². The van der Waals surface area contributed by atoms with Gasteiger partial charge in [0.2, 0.25) is 0 Å². The normalized spacial score (nSPS) is 11.2. The number of aromatic nitrogens is 3. The lowest BCUT2D eigenvalue weighted by Gasteiger charge is -2.08. The van der Waals surface area contributed by atoms with Crippen LogP contribution in [-0.4, -0.2) is 20.7 Å². The Bertz CT molecular complexity index is 891. The number of carbonyl (C=O) groups excluding carboxylic acids is 1. The standard InChI is InChI=1S/C16H14BrFN4O/c1-9(2)22-15-10(7-20-22)5-12(8-19-15)21-16(23)13-6-11(17)3-4-14(13)18/h3-9H,1-2H3,(H,21,23).